The van der Waals surface area contributed by atoms with E-state index < -0.39 is 0 Å². The fourth-order valence-electron chi connectivity index (χ4n) is 2.42. The van der Waals surface area contributed by atoms with Crippen LogP contribution in [0.4, 0.5) is 0 Å². The lowest BCUT2D eigenvalue weighted by molar-refractivity contribution is -0.122. The fourth-order valence-corrected chi connectivity index (χ4v) is 2.42. The number of amides is 1. The zero-order chi connectivity index (χ0) is 15.8. The first-order chi connectivity index (χ1) is 10.0. The van der Waals surface area contributed by atoms with Gasteiger partial charge in [0.25, 0.3) is 0 Å². The second-order valence-corrected chi connectivity index (χ2v) is 5.18. The van der Waals surface area contributed by atoms with Crippen molar-refractivity contribution in [3.63, 3.8) is 0 Å². The lowest BCUT2D eigenvalue weighted by Gasteiger charge is -2.33. The van der Waals surface area contributed by atoms with Gasteiger partial charge in [-0.15, -0.1) is 0 Å². The molecule has 1 aliphatic rings. The molecule has 1 aliphatic heterocycles. The van der Waals surface area contributed by atoms with Crippen molar-refractivity contribution in [1.82, 2.24) is 4.90 Å². The maximum atomic E-state index is 11.2. The van der Waals surface area contributed by atoms with Gasteiger partial charge in [-0.2, -0.15) is 0 Å². The van der Waals surface area contributed by atoms with Crippen LogP contribution in [0.2, 0.25) is 0 Å². The van der Waals surface area contributed by atoms with E-state index in [-0.39, 0.29) is 23.8 Å². The molecule has 6 heteroatoms. The van der Waals surface area contributed by atoms with Gasteiger partial charge in [0.15, 0.2) is 5.84 Å². The van der Waals surface area contributed by atoms with Gasteiger partial charge in [0.2, 0.25) is 11.8 Å². The topological polar surface area (TPSA) is 91.8 Å². The van der Waals surface area contributed by atoms with Crippen LogP contribution in [0.3, 0.4) is 0 Å². The summed E-state index contributed by atoms with van der Waals surface area (Å²) in [6.07, 6.45) is 4.51. The van der Waals surface area contributed by atoms with Crippen LogP contribution < -0.4 is 5.73 Å². The van der Waals surface area contributed by atoms with Crippen molar-refractivity contribution in [3.8, 4) is 0 Å². The van der Waals surface area contributed by atoms with E-state index >= 15 is 0 Å². The van der Waals surface area contributed by atoms with E-state index in [2.05, 4.69) is 11.6 Å². The van der Waals surface area contributed by atoms with Gasteiger partial charge in [-0.3, -0.25) is 10.2 Å². The minimum atomic E-state index is -0.250. The van der Waals surface area contributed by atoms with E-state index in [0.29, 0.717) is 31.8 Å². The Morgan fingerprint density at radius 1 is 1.48 bits per heavy atom. The predicted molar refractivity (Wildman–Crippen MR) is 84.3 cm³/mol. The molecule has 1 rings (SSSR count). The SMILES string of the molecule is C=CN=C(C(=N)OC(CC)CC)N1CCC(C(N)=O)CC1. The van der Waals surface area contributed by atoms with E-state index in [1.807, 2.05) is 18.7 Å². The van der Waals surface area contributed by atoms with Crippen LogP contribution in [0, 0.1) is 11.3 Å². The number of nitrogens with two attached hydrogens (primary N) is 1. The predicted octanol–water partition coefficient (Wildman–Crippen LogP) is 1.91. The Kier molecular flexibility index (Phi) is 6.91. The fraction of sp³-hybridized carbons (Fsp3) is 0.667. The summed E-state index contributed by atoms with van der Waals surface area (Å²) >= 11 is 0. The molecular weight excluding hydrogens is 268 g/mol. The number of rotatable bonds is 5. The molecule has 1 heterocycles. The Hall–Kier alpha value is -1.85. The summed E-state index contributed by atoms with van der Waals surface area (Å²) in [6.45, 7) is 8.96. The molecule has 0 radical (unpaired) electrons. The summed E-state index contributed by atoms with van der Waals surface area (Å²) in [7, 11) is 0. The standard InChI is InChI=1S/C15H26N4O2/c1-4-12(5-2)21-14(17)15(18-6-3)19-9-7-11(8-10-19)13(16)20/h6,11-12,17H,3-5,7-10H2,1-2H3,(H2,16,20). The smallest absolute Gasteiger partial charge is 0.250 e. The number of likely N-dealkylation sites (tertiary alicyclic amines) is 1. The Morgan fingerprint density at radius 2 is 2.05 bits per heavy atom. The van der Waals surface area contributed by atoms with Gasteiger partial charge >= 0.3 is 0 Å². The third kappa shape index (κ3) is 4.88. The Balaban J connectivity index is 2.70. The number of carbonyl (C=O) groups excluding carboxylic acids is 1. The summed E-state index contributed by atoms with van der Waals surface area (Å²) in [5.41, 5.74) is 5.34. The summed E-state index contributed by atoms with van der Waals surface area (Å²) in [6, 6.07) is 0. The molecule has 3 N–H and O–H groups in total. The highest BCUT2D eigenvalue weighted by Crippen LogP contribution is 2.18. The van der Waals surface area contributed by atoms with Gasteiger partial charge in [0, 0.05) is 25.2 Å². The maximum Gasteiger partial charge on any atom is 0.250 e. The molecule has 21 heavy (non-hydrogen) atoms. The quantitative estimate of drug-likeness (QED) is 0.599. The highest BCUT2D eigenvalue weighted by molar-refractivity contribution is 6.36. The molecule has 0 bridgehead atoms. The zero-order valence-electron chi connectivity index (χ0n) is 13.0. The number of piperidine rings is 1. The summed E-state index contributed by atoms with van der Waals surface area (Å²) in [5, 5.41) is 8.12. The molecule has 118 valence electrons. The molecule has 0 unspecified atom stereocenters. The molecule has 1 fully saturated rings. The first kappa shape index (κ1) is 17.2. The van der Waals surface area contributed by atoms with Crippen LogP contribution in [0.1, 0.15) is 39.5 Å². The molecular formula is C15H26N4O2. The molecule has 0 aromatic rings. The van der Waals surface area contributed by atoms with Crippen LogP contribution in [-0.4, -0.2) is 41.7 Å². The van der Waals surface area contributed by atoms with Crippen LogP contribution in [0.25, 0.3) is 0 Å². The van der Waals surface area contributed by atoms with E-state index in [4.69, 9.17) is 15.9 Å². The first-order valence-corrected chi connectivity index (χ1v) is 7.51. The van der Waals surface area contributed by atoms with Crippen LogP contribution in [0.5, 0.6) is 0 Å². The molecule has 6 nitrogen and oxygen atoms in total. The van der Waals surface area contributed by atoms with Crippen molar-refractivity contribution in [2.75, 3.05) is 13.1 Å². The molecule has 1 amide bonds. The second-order valence-electron chi connectivity index (χ2n) is 5.18. The van der Waals surface area contributed by atoms with Gasteiger partial charge in [0.05, 0.1) is 0 Å². The van der Waals surface area contributed by atoms with Crippen molar-refractivity contribution >= 4 is 17.6 Å². The minimum absolute atomic E-state index is 0.0238. The Morgan fingerprint density at radius 3 is 2.48 bits per heavy atom. The van der Waals surface area contributed by atoms with Crippen LogP contribution in [-0.2, 0) is 9.53 Å². The third-order valence-corrected chi connectivity index (χ3v) is 3.81. The highest BCUT2D eigenvalue weighted by atomic mass is 16.5. The highest BCUT2D eigenvalue weighted by Gasteiger charge is 2.27. The molecule has 0 saturated carbocycles. The molecule has 0 aromatic heterocycles. The van der Waals surface area contributed by atoms with Gasteiger partial charge in [-0.25, -0.2) is 4.99 Å². The summed E-state index contributed by atoms with van der Waals surface area (Å²) in [4.78, 5) is 17.3. The number of hydrogen-bond acceptors (Lipinski definition) is 4. The number of aliphatic imine (C=N–C) groups is 1. The Bertz CT molecular complexity index is 408. The maximum absolute atomic E-state index is 11.2. The van der Waals surface area contributed by atoms with Gasteiger partial charge < -0.3 is 15.4 Å². The second kappa shape index (κ2) is 8.44. The van der Waals surface area contributed by atoms with E-state index in [9.17, 15) is 4.79 Å². The molecule has 0 aromatic carbocycles. The number of ether oxygens (including phenoxy) is 1. The lowest BCUT2D eigenvalue weighted by atomic mass is 9.96. The van der Waals surface area contributed by atoms with E-state index in [1.54, 1.807) is 0 Å². The zero-order valence-corrected chi connectivity index (χ0v) is 13.0. The number of hydrogen-bond donors (Lipinski definition) is 2. The van der Waals surface area contributed by atoms with Crippen LogP contribution in [0.15, 0.2) is 17.8 Å². The number of nitrogens with one attached hydrogen (secondary N) is 1. The van der Waals surface area contributed by atoms with Gasteiger partial charge in [-0.1, -0.05) is 20.4 Å². The molecule has 0 spiro atoms. The van der Waals surface area contributed by atoms with E-state index in [0.717, 1.165) is 12.8 Å². The van der Waals surface area contributed by atoms with Crippen molar-refractivity contribution in [1.29, 1.82) is 5.41 Å². The number of nitrogens with zero attached hydrogens (tertiary/aromatic N) is 2. The normalized spacial score (nSPS) is 16.9. The molecule has 0 aliphatic carbocycles. The van der Waals surface area contributed by atoms with Crippen molar-refractivity contribution in [2.24, 2.45) is 16.6 Å². The number of carbonyl (C=O) groups is 1. The average Bonchev–Trinajstić information content (AvgIpc) is 2.50. The molecule has 1 saturated heterocycles. The summed E-state index contributed by atoms with van der Waals surface area (Å²) in [5.74, 6) is 0.224. The molecule has 0 atom stereocenters. The average molecular weight is 294 g/mol. The largest absolute Gasteiger partial charge is 0.472 e. The van der Waals surface area contributed by atoms with Gasteiger partial charge in [-0.05, 0) is 25.7 Å². The number of primary amides is 1. The van der Waals surface area contributed by atoms with Crippen molar-refractivity contribution in [3.05, 3.63) is 12.8 Å². The lowest BCUT2D eigenvalue weighted by Crippen LogP contribution is -2.45. The van der Waals surface area contributed by atoms with Crippen LogP contribution >= 0.6 is 0 Å². The monoisotopic (exact) mass is 294 g/mol. The van der Waals surface area contributed by atoms with Crippen molar-refractivity contribution in [2.45, 2.75) is 45.6 Å². The first-order valence-electron chi connectivity index (χ1n) is 7.51. The van der Waals surface area contributed by atoms with Crippen molar-refractivity contribution < 1.29 is 9.53 Å². The Labute approximate surface area is 126 Å². The van der Waals surface area contributed by atoms with E-state index in [1.165, 1.54) is 6.20 Å². The minimum Gasteiger partial charge on any atom is -0.472 e. The third-order valence-electron chi connectivity index (χ3n) is 3.81. The summed E-state index contributed by atoms with van der Waals surface area (Å²) < 4.78 is 5.66. The van der Waals surface area contributed by atoms with Gasteiger partial charge in [0.1, 0.15) is 6.10 Å². The number of amidine groups is 1.